The maximum Gasteiger partial charge on any atom is 0.160 e. The van der Waals surface area contributed by atoms with E-state index in [9.17, 15) is 0 Å². The van der Waals surface area contributed by atoms with E-state index in [4.69, 9.17) is 14.7 Å². The summed E-state index contributed by atoms with van der Waals surface area (Å²) in [6.07, 6.45) is 5.66. The number of aromatic nitrogens is 3. The highest BCUT2D eigenvalue weighted by Crippen LogP contribution is 2.21. The molecule has 1 saturated heterocycles. The van der Waals surface area contributed by atoms with E-state index in [1.54, 1.807) is 0 Å². The maximum absolute atomic E-state index is 5.90. The van der Waals surface area contributed by atoms with Gasteiger partial charge in [-0.25, -0.2) is 9.97 Å². The van der Waals surface area contributed by atoms with E-state index in [-0.39, 0.29) is 6.10 Å². The molecule has 0 aliphatic carbocycles. The summed E-state index contributed by atoms with van der Waals surface area (Å²) >= 11 is 0. The van der Waals surface area contributed by atoms with Gasteiger partial charge in [-0.3, -0.25) is 4.90 Å². The van der Waals surface area contributed by atoms with Crippen LogP contribution in [-0.4, -0.2) is 64.4 Å². The fourth-order valence-electron chi connectivity index (χ4n) is 4.58. The first-order valence-electron chi connectivity index (χ1n) is 12.6. The predicted octanol–water partition coefficient (Wildman–Crippen LogP) is 4.37. The molecule has 0 spiro atoms. The molecule has 1 fully saturated rings. The Morgan fingerprint density at radius 1 is 1.18 bits per heavy atom. The number of hydrogen-bond donors (Lipinski definition) is 1. The number of nitrogens with one attached hydrogen (secondary N) is 1. The number of fused-ring (bicyclic) bond motifs is 1. The second-order valence-corrected chi connectivity index (χ2v) is 9.68. The third-order valence-corrected chi connectivity index (χ3v) is 6.39. The topological polar surface area (TPSA) is 55.2 Å². The highest BCUT2D eigenvalue weighted by atomic mass is 16.5. The standard InChI is InChI=1S/C28H39N5O/c1-6-26-31-27-21(4)16-22(5)30-28(27)33(26)18-24-11-9-23(10-12-24)8-7-13-32-14-15-34-25(19-32)17-29-20(2)3/h7-12,16,20,25,29H,6,13-15,17-19H2,1-5H3. The number of rotatable bonds is 9. The van der Waals surface area contributed by atoms with Crippen molar-refractivity contribution in [2.75, 3.05) is 32.8 Å². The van der Waals surface area contributed by atoms with Gasteiger partial charge in [-0.2, -0.15) is 0 Å². The predicted molar refractivity (Wildman–Crippen MR) is 140 cm³/mol. The number of pyridine rings is 1. The number of benzene rings is 1. The van der Waals surface area contributed by atoms with Crippen molar-refractivity contribution in [3.8, 4) is 0 Å². The van der Waals surface area contributed by atoms with E-state index < -0.39 is 0 Å². The van der Waals surface area contributed by atoms with Crippen LogP contribution in [0, 0.1) is 13.8 Å². The van der Waals surface area contributed by atoms with Gasteiger partial charge in [-0.05, 0) is 36.6 Å². The molecule has 0 saturated carbocycles. The van der Waals surface area contributed by atoms with E-state index in [0.29, 0.717) is 6.04 Å². The van der Waals surface area contributed by atoms with E-state index in [1.165, 1.54) is 16.7 Å². The third-order valence-electron chi connectivity index (χ3n) is 6.39. The average molecular weight is 462 g/mol. The van der Waals surface area contributed by atoms with E-state index in [1.807, 2.05) is 0 Å². The van der Waals surface area contributed by atoms with Gasteiger partial charge in [0.1, 0.15) is 11.3 Å². The van der Waals surface area contributed by atoms with Crippen molar-refractivity contribution in [2.24, 2.45) is 0 Å². The maximum atomic E-state index is 5.90. The molecule has 34 heavy (non-hydrogen) atoms. The van der Waals surface area contributed by atoms with Crippen molar-refractivity contribution in [1.29, 1.82) is 0 Å². The van der Waals surface area contributed by atoms with E-state index in [2.05, 4.69) is 91.9 Å². The van der Waals surface area contributed by atoms with Crippen LogP contribution >= 0.6 is 0 Å². The molecule has 4 rings (SSSR count). The van der Waals surface area contributed by atoms with E-state index >= 15 is 0 Å². The molecule has 1 aliphatic rings. The zero-order chi connectivity index (χ0) is 24.1. The Bertz CT molecular complexity index is 1120. The van der Waals surface area contributed by atoms with Crippen LogP contribution in [0.25, 0.3) is 17.2 Å². The van der Waals surface area contributed by atoms with Gasteiger partial charge < -0.3 is 14.6 Å². The van der Waals surface area contributed by atoms with Crippen LogP contribution in [0.15, 0.2) is 36.4 Å². The molecular formula is C28H39N5O. The van der Waals surface area contributed by atoms with Crippen molar-refractivity contribution >= 4 is 17.2 Å². The Balaban J connectivity index is 1.37. The van der Waals surface area contributed by atoms with Crippen LogP contribution in [0.5, 0.6) is 0 Å². The minimum Gasteiger partial charge on any atom is -0.374 e. The van der Waals surface area contributed by atoms with Crippen molar-refractivity contribution in [3.05, 3.63) is 64.6 Å². The van der Waals surface area contributed by atoms with Gasteiger partial charge in [0, 0.05) is 44.3 Å². The first-order valence-corrected chi connectivity index (χ1v) is 12.6. The fraction of sp³-hybridized carbons (Fsp3) is 0.500. The van der Waals surface area contributed by atoms with Gasteiger partial charge in [0.15, 0.2) is 5.65 Å². The zero-order valence-electron chi connectivity index (χ0n) is 21.3. The highest BCUT2D eigenvalue weighted by Gasteiger charge is 2.19. The number of imidazole rings is 1. The number of nitrogens with zero attached hydrogens (tertiary/aromatic N) is 4. The molecule has 2 aromatic heterocycles. The van der Waals surface area contributed by atoms with Crippen molar-refractivity contribution in [3.63, 3.8) is 0 Å². The minimum absolute atomic E-state index is 0.276. The molecular weight excluding hydrogens is 422 g/mol. The quantitative estimate of drug-likeness (QED) is 0.513. The molecule has 0 amide bonds. The van der Waals surface area contributed by atoms with Gasteiger partial charge >= 0.3 is 0 Å². The largest absolute Gasteiger partial charge is 0.374 e. The smallest absolute Gasteiger partial charge is 0.160 e. The number of aryl methyl sites for hydroxylation is 3. The molecule has 3 heterocycles. The Hall–Kier alpha value is -2.54. The molecule has 6 nitrogen and oxygen atoms in total. The summed E-state index contributed by atoms with van der Waals surface area (Å²) in [6.45, 7) is 16.1. The van der Waals surface area contributed by atoms with Crippen LogP contribution in [0.2, 0.25) is 0 Å². The van der Waals surface area contributed by atoms with Crippen LogP contribution in [0.1, 0.15) is 49.0 Å². The van der Waals surface area contributed by atoms with Gasteiger partial charge in [0.25, 0.3) is 0 Å². The SMILES string of the molecule is CCc1nc2c(C)cc(C)nc2n1Cc1ccc(C=CCN2CCOC(CNC(C)C)C2)cc1. The van der Waals surface area contributed by atoms with Gasteiger partial charge in [-0.15, -0.1) is 0 Å². The first-order chi connectivity index (χ1) is 16.4. The summed E-state index contributed by atoms with van der Waals surface area (Å²) in [5.41, 5.74) is 6.74. The Morgan fingerprint density at radius 2 is 1.97 bits per heavy atom. The Labute approximate surface area is 204 Å². The van der Waals surface area contributed by atoms with Gasteiger partial charge in [0.05, 0.1) is 19.3 Å². The lowest BCUT2D eigenvalue weighted by Gasteiger charge is -2.32. The lowest BCUT2D eigenvalue weighted by atomic mass is 10.1. The summed E-state index contributed by atoms with van der Waals surface area (Å²) in [4.78, 5) is 12.1. The number of hydrogen-bond acceptors (Lipinski definition) is 5. The van der Waals surface area contributed by atoms with Gasteiger partial charge in [-0.1, -0.05) is 57.2 Å². The molecule has 3 aromatic rings. The first kappa shape index (κ1) is 24.6. The molecule has 1 N–H and O–H groups in total. The van der Waals surface area contributed by atoms with Crippen LogP contribution in [0.4, 0.5) is 0 Å². The summed E-state index contributed by atoms with van der Waals surface area (Å²) in [5.74, 6) is 1.09. The zero-order valence-corrected chi connectivity index (χ0v) is 21.3. The Morgan fingerprint density at radius 3 is 2.71 bits per heavy atom. The van der Waals surface area contributed by atoms with Crippen molar-refractivity contribution in [2.45, 2.75) is 59.7 Å². The highest BCUT2D eigenvalue weighted by molar-refractivity contribution is 5.76. The molecule has 1 unspecified atom stereocenters. The van der Waals surface area contributed by atoms with Crippen LogP contribution in [0.3, 0.4) is 0 Å². The third kappa shape index (κ3) is 6.12. The fourth-order valence-corrected chi connectivity index (χ4v) is 4.58. The van der Waals surface area contributed by atoms with Crippen molar-refractivity contribution in [1.82, 2.24) is 24.8 Å². The second-order valence-electron chi connectivity index (χ2n) is 9.68. The minimum atomic E-state index is 0.276. The number of morpholine rings is 1. The molecule has 0 radical (unpaired) electrons. The lowest BCUT2D eigenvalue weighted by molar-refractivity contribution is -0.0238. The van der Waals surface area contributed by atoms with Crippen LogP contribution in [-0.2, 0) is 17.7 Å². The van der Waals surface area contributed by atoms with Gasteiger partial charge in [0.2, 0.25) is 0 Å². The lowest BCUT2D eigenvalue weighted by Crippen LogP contribution is -2.47. The van der Waals surface area contributed by atoms with Crippen LogP contribution < -0.4 is 5.32 Å². The molecule has 1 atom stereocenters. The molecule has 182 valence electrons. The summed E-state index contributed by atoms with van der Waals surface area (Å²) < 4.78 is 8.16. The monoisotopic (exact) mass is 461 g/mol. The molecule has 0 bridgehead atoms. The molecule has 1 aromatic carbocycles. The molecule has 6 heteroatoms. The van der Waals surface area contributed by atoms with E-state index in [0.717, 1.165) is 68.4 Å². The second kappa shape index (κ2) is 11.3. The normalized spacial score (nSPS) is 17.4. The number of ether oxygens (including phenoxy) is 1. The summed E-state index contributed by atoms with van der Waals surface area (Å²) in [7, 11) is 0. The summed E-state index contributed by atoms with van der Waals surface area (Å²) in [6, 6.07) is 11.4. The summed E-state index contributed by atoms with van der Waals surface area (Å²) in [5, 5.41) is 3.48. The molecule has 1 aliphatic heterocycles. The Kier molecular flexibility index (Phi) is 8.14. The average Bonchev–Trinajstić information content (AvgIpc) is 3.17. The van der Waals surface area contributed by atoms with Crippen molar-refractivity contribution < 1.29 is 4.74 Å².